The van der Waals surface area contributed by atoms with Gasteiger partial charge in [0.15, 0.2) is 23.4 Å². The van der Waals surface area contributed by atoms with Gasteiger partial charge in [0.2, 0.25) is 16.9 Å². The molecule has 0 amide bonds. The molecule has 12 nitrogen and oxygen atoms in total. The Morgan fingerprint density at radius 1 is 0.972 bits per heavy atom. The molecule has 2 heterocycles. The van der Waals surface area contributed by atoms with E-state index in [4.69, 9.17) is 28.1 Å². The Morgan fingerprint density at radius 3 is 2.33 bits per heavy atom. The number of aliphatic hydroxyl groups excluding tert-OH is 4. The van der Waals surface area contributed by atoms with Crippen LogP contribution < -0.4 is 24.4 Å². The Balaban J connectivity index is 1.88. The van der Waals surface area contributed by atoms with Crippen molar-refractivity contribution in [3.8, 4) is 40.1 Å². The van der Waals surface area contributed by atoms with Crippen LogP contribution in [0.5, 0.6) is 28.7 Å². The van der Waals surface area contributed by atoms with Crippen LogP contribution in [0.4, 0.5) is 0 Å². The maximum atomic E-state index is 13.3. The zero-order valence-corrected chi connectivity index (χ0v) is 19.4. The molecule has 4 rings (SSSR count). The minimum atomic E-state index is -1.76. The van der Waals surface area contributed by atoms with E-state index < -0.39 is 42.1 Å². The van der Waals surface area contributed by atoms with Crippen molar-refractivity contribution in [2.45, 2.75) is 18.3 Å². The minimum Gasteiger partial charge on any atom is -0.504 e. The Kier molecular flexibility index (Phi) is 6.84. The molecule has 0 radical (unpaired) electrons. The SMILES string of the molecule is COc1cc(-c2oc3cc(OC4=C(O)C(O)[C@@H](O)C(CO)O4)cc(OC)c3c(=O)c2OC)ccc1O. The molecule has 192 valence electrons. The van der Waals surface area contributed by atoms with Crippen molar-refractivity contribution in [2.24, 2.45) is 0 Å². The number of methoxy groups -OCH3 is 3. The minimum absolute atomic E-state index is 0.00684. The van der Waals surface area contributed by atoms with Crippen LogP contribution in [0.15, 0.2) is 51.2 Å². The lowest BCUT2D eigenvalue weighted by atomic mass is 10.0. The van der Waals surface area contributed by atoms with Gasteiger partial charge in [-0.2, -0.15) is 0 Å². The van der Waals surface area contributed by atoms with E-state index in [1.165, 1.54) is 51.7 Å². The van der Waals surface area contributed by atoms with Crippen molar-refractivity contribution >= 4 is 11.0 Å². The van der Waals surface area contributed by atoms with Gasteiger partial charge in [-0.25, -0.2) is 0 Å². The third-order valence-electron chi connectivity index (χ3n) is 5.60. The van der Waals surface area contributed by atoms with Gasteiger partial charge in [0.1, 0.15) is 34.7 Å². The first kappa shape index (κ1) is 25.0. The second-order valence-electron chi connectivity index (χ2n) is 7.73. The number of benzene rings is 2. The zero-order valence-electron chi connectivity index (χ0n) is 19.4. The summed E-state index contributed by atoms with van der Waals surface area (Å²) in [5.74, 6) is -1.41. The Morgan fingerprint density at radius 2 is 1.69 bits per heavy atom. The summed E-state index contributed by atoms with van der Waals surface area (Å²) >= 11 is 0. The summed E-state index contributed by atoms with van der Waals surface area (Å²) in [6, 6.07) is 6.96. The highest BCUT2D eigenvalue weighted by molar-refractivity contribution is 5.88. The molecule has 3 aromatic rings. The number of hydrogen-bond donors (Lipinski definition) is 5. The van der Waals surface area contributed by atoms with Crippen molar-refractivity contribution in [2.75, 3.05) is 27.9 Å². The predicted octanol–water partition coefficient (Wildman–Crippen LogP) is 1.41. The van der Waals surface area contributed by atoms with Gasteiger partial charge < -0.3 is 53.6 Å². The van der Waals surface area contributed by atoms with Crippen molar-refractivity contribution < 1.29 is 53.6 Å². The molecule has 1 aliphatic rings. The highest BCUT2D eigenvalue weighted by atomic mass is 16.7. The number of aromatic hydroxyl groups is 1. The number of aliphatic hydroxyl groups is 4. The van der Waals surface area contributed by atoms with E-state index in [-0.39, 0.29) is 45.5 Å². The fraction of sp³-hybridized carbons (Fsp3) is 0.292. The summed E-state index contributed by atoms with van der Waals surface area (Å²) in [5.41, 5.74) is -0.184. The number of ether oxygens (including phenoxy) is 5. The summed E-state index contributed by atoms with van der Waals surface area (Å²) in [4.78, 5) is 13.3. The Labute approximate surface area is 203 Å². The van der Waals surface area contributed by atoms with Gasteiger partial charge in [0.05, 0.1) is 27.9 Å². The van der Waals surface area contributed by atoms with Gasteiger partial charge in [-0.3, -0.25) is 4.79 Å². The van der Waals surface area contributed by atoms with Crippen molar-refractivity contribution in [1.82, 2.24) is 0 Å². The fourth-order valence-electron chi connectivity index (χ4n) is 3.74. The van der Waals surface area contributed by atoms with Gasteiger partial charge in [-0.05, 0) is 18.2 Å². The molecule has 0 saturated carbocycles. The molecule has 0 aliphatic carbocycles. The lowest BCUT2D eigenvalue weighted by Gasteiger charge is -2.31. The van der Waals surface area contributed by atoms with Crippen LogP contribution in [0.2, 0.25) is 0 Å². The van der Waals surface area contributed by atoms with E-state index in [1.807, 2.05) is 0 Å². The lowest BCUT2D eigenvalue weighted by molar-refractivity contribution is -0.133. The molecule has 0 bridgehead atoms. The van der Waals surface area contributed by atoms with Crippen molar-refractivity contribution in [3.63, 3.8) is 0 Å². The first-order valence-corrected chi connectivity index (χ1v) is 10.6. The third-order valence-corrected chi connectivity index (χ3v) is 5.60. The molecule has 1 aromatic heterocycles. The summed E-state index contributed by atoms with van der Waals surface area (Å²) in [6.07, 6.45) is -4.60. The molecule has 3 atom stereocenters. The summed E-state index contributed by atoms with van der Waals surface area (Å²) < 4.78 is 32.6. The fourth-order valence-corrected chi connectivity index (χ4v) is 3.74. The van der Waals surface area contributed by atoms with E-state index in [0.29, 0.717) is 5.56 Å². The molecule has 2 aromatic carbocycles. The van der Waals surface area contributed by atoms with Crippen LogP contribution in [0.1, 0.15) is 0 Å². The Bertz CT molecular complexity index is 1380. The van der Waals surface area contributed by atoms with E-state index in [0.717, 1.165) is 0 Å². The van der Waals surface area contributed by atoms with Crippen molar-refractivity contribution in [1.29, 1.82) is 0 Å². The average Bonchev–Trinajstić information content (AvgIpc) is 2.88. The molecule has 2 unspecified atom stereocenters. The first-order chi connectivity index (χ1) is 17.2. The smallest absolute Gasteiger partial charge is 0.327 e. The number of phenols is 1. The van der Waals surface area contributed by atoms with Crippen LogP contribution in [0.3, 0.4) is 0 Å². The topological polar surface area (TPSA) is 178 Å². The van der Waals surface area contributed by atoms with E-state index in [1.54, 1.807) is 0 Å². The summed E-state index contributed by atoms with van der Waals surface area (Å²) in [5, 5.41) is 49.4. The largest absolute Gasteiger partial charge is 0.504 e. The maximum absolute atomic E-state index is 13.3. The highest BCUT2D eigenvalue weighted by Gasteiger charge is 2.39. The van der Waals surface area contributed by atoms with E-state index >= 15 is 0 Å². The number of rotatable bonds is 7. The van der Waals surface area contributed by atoms with E-state index in [9.17, 15) is 30.3 Å². The maximum Gasteiger partial charge on any atom is 0.327 e. The first-order valence-electron chi connectivity index (χ1n) is 10.6. The quantitative estimate of drug-likeness (QED) is 0.313. The third kappa shape index (κ3) is 4.21. The normalized spacial score (nSPS) is 19.7. The van der Waals surface area contributed by atoms with Gasteiger partial charge in [-0.15, -0.1) is 0 Å². The summed E-state index contributed by atoms with van der Waals surface area (Å²) in [6.45, 7) is -0.659. The molecular formula is C24H24O12. The second kappa shape index (κ2) is 9.85. The highest BCUT2D eigenvalue weighted by Crippen LogP contribution is 2.39. The van der Waals surface area contributed by atoms with Crippen LogP contribution >= 0.6 is 0 Å². The number of fused-ring (bicyclic) bond motifs is 1. The van der Waals surface area contributed by atoms with Crippen LogP contribution in [0.25, 0.3) is 22.3 Å². The van der Waals surface area contributed by atoms with Gasteiger partial charge in [-0.1, -0.05) is 0 Å². The average molecular weight is 504 g/mol. The molecule has 36 heavy (non-hydrogen) atoms. The second-order valence-corrected chi connectivity index (χ2v) is 7.73. The summed E-state index contributed by atoms with van der Waals surface area (Å²) in [7, 11) is 3.99. The Hall–Kier alpha value is -4.13. The van der Waals surface area contributed by atoms with Gasteiger partial charge in [0.25, 0.3) is 0 Å². The number of phenolic OH excluding ortho intramolecular Hbond substituents is 1. The molecule has 12 heteroatoms. The predicted molar refractivity (Wildman–Crippen MR) is 123 cm³/mol. The zero-order chi connectivity index (χ0) is 26.1. The molecule has 0 fully saturated rings. The van der Waals surface area contributed by atoms with E-state index in [2.05, 4.69) is 0 Å². The molecular weight excluding hydrogens is 480 g/mol. The van der Waals surface area contributed by atoms with Crippen LogP contribution in [0, 0.1) is 0 Å². The monoisotopic (exact) mass is 504 g/mol. The van der Waals surface area contributed by atoms with Crippen LogP contribution in [-0.4, -0.2) is 71.8 Å². The standard InChI is InChI=1S/C24H24O12/c1-31-13-6-10(4-5-12(13)26)22-23(33-3)19(28)17-14(32-2)7-11(8-15(17)35-22)34-24-21(30)20(29)18(27)16(9-25)36-24/h4-8,16,18,20,25-27,29-30H,9H2,1-3H3/t16?,18-,20?/m0/s1. The number of hydrogen-bond acceptors (Lipinski definition) is 12. The molecule has 5 N–H and O–H groups in total. The molecule has 0 spiro atoms. The van der Waals surface area contributed by atoms with Crippen molar-refractivity contribution in [3.05, 3.63) is 52.3 Å². The van der Waals surface area contributed by atoms with Gasteiger partial charge in [0, 0.05) is 17.7 Å². The molecule has 0 saturated heterocycles. The van der Waals surface area contributed by atoms with Crippen LogP contribution in [-0.2, 0) is 4.74 Å². The lowest BCUT2D eigenvalue weighted by Crippen LogP contribution is -2.47. The van der Waals surface area contributed by atoms with Gasteiger partial charge >= 0.3 is 5.95 Å². The molecule has 1 aliphatic heterocycles.